The summed E-state index contributed by atoms with van der Waals surface area (Å²) in [6, 6.07) is 13.2. The Morgan fingerprint density at radius 3 is 2.71 bits per heavy atom. The molecule has 0 amide bonds. The molecule has 0 aliphatic rings. The Hall–Kier alpha value is -1.42. The van der Waals surface area contributed by atoms with E-state index in [1.807, 2.05) is 30.3 Å². The highest BCUT2D eigenvalue weighted by Crippen LogP contribution is 2.23. The number of nitrogens with one attached hydrogen (secondary N) is 1. The number of ether oxygens (including phenoxy) is 2. The van der Waals surface area contributed by atoms with E-state index >= 15 is 0 Å². The highest BCUT2D eigenvalue weighted by Gasteiger charge is 2.02. The number of anilines is 1. The van der Waals surface area contributed by atoms with Crippen LogP contribution in [0.4, 0.5) is 5.69 Å². The van der Waals surface area contributed by atoms with Crippen molar-refractivity contribution in [1.29, 1.82) is 0 Å². The Morgan fingerprint density at radius 2 is 1.90 bits per heavy atom. The van der Waals surface area contributed by atoms with E-state index in [1.54, 1.807) is 19.2 Å². The first-order valence-electron chi connectivity index (χ1n) is 6.58. The third kappa shape index (κ3) is 5.12. The second-order valence-corrected chi connectivity index (χ2v) is 5.30. The van der Waals surface area contributed by atoms with Gasteiger partial charge in [-0.15, -0.1) is 0 Å². The van der Waals surface area contributed by atoms with E-state index < -0.39 is 0 Å². The van der Waals surface area contributed by atoms with Crippen LogP contribution in [0.1, 0.15) is 5.56 Å². The summed E-state index contributed by atoms with van der Waals surface area (Å²) in [6.07, 6.45) is 0. The van der Waals surface area contributed by atoms with Gasteiger partial charge in [0.15, 0.2) is 0 Å². The fraction of sp³-hybridized carbons (Fsp3) is 0.250. The standard InChI is InChI=1S/C16H17Cl2NO2/c1-20-7-8-21-15-4-2-3-14(10-15)19-11-12-9-13(17)5-6-16(12)18/h2-6,9-10,19H,7-8,11H2,1H3. The molecule has 1 N–H and O–H groups in total. The molecule has 0 bridgehead atoms. The third-order valence-electron chi connectivity index (χ3n) is 2.88. The van der Waals surface area contributed by atoms with Crippen molar-refractivity contribution in [2.24, 2.45) is 0 Å². The fourth-order valence-electron chi connectivity index (χ4n) is 1.81. The van der Waals surface area contributed by atoms with Gasteiger partial charge in [0, 0.05) is 35.5 Å². The van der Waals surface area contributed by atoms with Gasteiger partial charge in [0.1, 0.15) is 12.4 Å². The van der Waals surface area contributed by atoms with Crippen LogP contribution in [-0.2, 0) is 11.3 Å². The molecule has 3 nitrogen and oxygen atoms in total. The zero-order chi connectivity index (χ0) is 15.1. The molecule has 2 aromatic carbocycles. The molecular formula is C16H17Cl2NO2. The van der Waals surface area contributed by atoms with E-state index in [0.29, 0.717) is 29.8 Å². The van der Waals surface area contributed by atoms with Crippen LogP contribution >= 0.6 is 23.2 Å². The fourth-order valence-corrected chi connectivity index (χ4v) is 2.19. The molecule has 0 aliphatic heterocycles. The number of hydrogen-bond acceptors (Lipinski definition) is 3. The van der Waals surface area contributed by atoms with Gasteiger partial charge >= 0.3 is 0 Å². The lowest BCUT2D eigenvalue weighted by molar-refractivity contribution is 0.146. The Morgan fingerprint density at radius 1 is 1.05 bits per heavy atom. The van der Waals surface area contributed by atoms with Crippen molar-refractivity contribution in [1.82, 2.24) is 0 Å². The van der Waals surface area contributed by atoms with Crippen molar-refractivity contribution in [2.75, 3.05) is 25.6 Å². The van der Waals surface area contributed by atoms with Crippen LogP contribution in [-0.4, -0.2) is 20.3 Å². The van der Waals surface area contributed by atoms with Crippen molar-refractivity contribution in [2.45, 2.75) is 6.54 Å². The van der Waals surface area contributed by atoms with E-state index in [-0.39, 0.29) is 0 Å². The van der Waals surface area contributed by atoms with E-state index in [9.17, 15) is 0 Å². The monoisotopic (exact) mass is 325 g/mol. The summed E-state index contributed by atoms with van der Waals surface area (Å²) in [4.78, 5) is 0. The molecule has 0 aromatic heterocycles. The SMILES string of the molecule is COCCOc1cccc(NCc2cc(Cl)ccc2Cl)c1. The van der Waals surface area contributed by atoms with E-state index in [2.05, 4.69) is 5.32 Å². The van der Waals surface area contributed by atoms with Gasteiger partial charge in [-0.25, -0.2) is 0 Å². The second kappa shape index (κ2) is 8.13. The first-order valence-corrected chi connectivity index (χ1v) is 7.34. The predicted molar refractivity (Wildman–Crippen MR) is 87.6 cm³/mol. The minimum Gasteiger partial charge on any atom is -0.491 e. The zero-order valence-electron chi connectivity index (χ0n) is 11.7. The Balaban J connectivity index is 1.96. The molecule has 0 saturated heterocycles. The van der Waals surface area contributed by atoms with Gasteiger partial charge in [-0.05, 0) is 35.9 Å². The van der Waals surface area contributed by atoms with Crippen LogP contribution < -0.4 is 10.1 Å². The highest BCUT2D eigenvalue weighted by molar-refractivity contribution is 6.33. The summed E-state index contributed by atoms with van der Waals surface area (Å²) < 4.78 is 10.5. The van der Waals surface area contributed by atoms with Gasteiger partial charge in [0.05, 0.1) is 6.61 Å². The second-order valence-electron chi connectivity index (χ2n) is 4.46. The molecule has 0 unspecified atom stereocenters. The summed E-state index contributed by atoms with van der Waals surface area (Å²) in [5, 5.41) is 4.67. The van der Waals surface area contributed by atoms with Crippen LogP contribution in [0.15, 0.2) is 42.5 Å². The van der Waals surface area contributed by atoms with Gasteiger partial charge in [-0.3, -0.25) is 0 Å². The quantitative estimate of drug-likeness (QED) is 0.753. The summed E-state index contributed by atoms with van der Waals surface area (Å²) >= 11 is 12.1. The van der Waals surface area contributed by atoms with Crippen LogP contribution in [0.25, 0.3) is 0 Å². The molecule has 0 atom stereocenters. The number of hydrogen-bond donors (Lipinski definition) is 1. The van der Waals surface area contributed by atoms with Crippen molar-refractivity contribution in [3.05, 3.63) is 58.1 Å². The Bertz CT molecular complexity index is 590. The number of methoxy groups -OCH3 is 1. The lowest BCUT2D eigenvalue weighted by Gasteiger charge is -2.11. The minimum absolute atomic E-state index is 0.528. The normalized spacial score (nSPS) is 10.4. The zero-order valence-corrected chi connectivity index (χ0v) is 13.2. The maximum absolute atomic E-state index is 6.14. The molecule has 0 aliphatic carbocycles. The summed E-state index contributed by atoms with van der Waals surface area (Å²) in [7, 11) is 1.65. The summed E-state index contributed by atoms with van der Waals surface area (Å²) in [6.45, 7) is 1.69. The van der Waals surface area contributed by atoms with Gasteiger partial charge in [-0.1, -0.05) is 29.3 Å². The van der Waals surface area contributed by atoms with Gasteiger partial charge < -0.3 is 14.8 Å². The number of halogens is 2. The average molecular weight is 326 g/mol. The Labute approximate surface area is 134 Å². The van der Waals surface area contributed by atoms with Gasteiger partial charge in [0.2, 0.25) is 0 Å². The first-order chi connectivity index (χ1) is 10.2. The molecule has 0 spiro atoms. The molecule has 0 radical (unpaired) electrons. The molecule has 21 heavy (non-hydrogen) atoms. The number of rotatable bonds is 7. The summed E-state index contributed by atoms with van der Waals surface area (Å²) in [5.74, 6) is 0.800. The number of benzene rings is 2. The molecule has 2 aromatic rings. The topological polar surface area (TPSA) is 30.5 Å². The van der Waals surface area contributed by atoms with E-state index in [0.717, 1.165) is 17.0 Å². The van der Waals surface area contributed by atoms with Crippen LogP contribution in [0, 0.1) is 0 Å². The lowest BCUT2D eigenvalue weighted by atomic mass is 10.2. The first kappa shape index (κ1) is 16.0. The van der Waals surface area contributed by atoms with Crippen LogP contribution in [0.2, 0.25) is 10.0 Å². The third-order valence-corrected chi connectivity index (χ3v) is 3.48. The average Bonchev–Trinajstić information content (AvgIpc) is 2.49. The maximum Gasteiger partial charge on any atom is 0.121 e. The minimum atomic E-state index is 0.528. The van der Waals surface area contributed by atoms with Crippen molar-refractivity contribution in [3.63, 3.8) is 0 Å². The molecule has 0 fully saturated rings. The molecule has 112 valence electrons. The molecule has 0 heterocycles. The van der Waals surface area contributed by atoms with E-state index in [4.69, 9.17) is 32.7 Å². The predicted octanol–water partition coefficient (Wildman–Crippen LogP) is 4.63. The lowest BCUT2D eigenvalue weighted by Crippen LogP contribution is -2.05. The maximum atomic E-state index is 6.14. The molecule has 0 saturated carbocycles. The van der Waals surface area contributed by atoms with Crippen LogP contribution in [0.3, 0.4) is 0 Å². The molecule has 2 rings (SSSR count). The Kier molecular flexibility index (Phi) is 6.18. The van der Waals surface area contributed by atoms with Gasteiger partial charge in [-0.2, -0.15) is 0 Å². The van der Waals surface area contributed by atoms with Crippen molar-refractivity contribution < 1.29 is 9.47 Å². The molecular weight excluding hydrogens is 309 g/mol. The van der Waals surface area contributed by atoms with Crippen LogP contribution in [0.5, 0.6) is 5.75 Å². The largest absolute Gasteiger partial charge is 0.491 e. The van der Waals surface area contributed by atoms with Crippen molar-refractivity contribution >= 4 is 28.9 Å². The van der Waals surface area contributed by atoms with Crippen molar-refractivity contribution in [3.8, 4) is 5.75 Å². The van der Waals surface area contributed by atoms with E-state index in [1.165, 1.54) is 0 Å². The highest BCUT2D eigenvalue weighted by atomic mass is 35.5. The molecule has 5 heteroatoms. The summed E-state index contributed by atoms with van der Waals surface area (Å²) in [5.41, 5.74) is 1.91. The van der Waals surface area contributed by atoms with Gasteiger partial charge in [0.25, 0.3) is 0 Å². The smallest absolute Gasteiger partial charge is 0.121 e.